The molecule has 0 bridgehead atoms. The van der Waals surface area contributed by atoms with E-state index in [-0.39, 0.29) is 6.10 Å². The van der Waals surface area contributed by atoms with Crippen LogP contribution in [0.5, 0.6) is 0 Å². The zero-order chi connectivity index (χ0) is 16.1. The van der Waals surface area contributed by atoms with E-state index in [9.17, 15) is 0 Å². The van der Waals surface area contributed by atoms with Gasteiger partial charge in [0.25, 0.3) is 0 Å². The number of rotatable bonds is 5. The first-order valence-electron chi connectivity index (χ1n) is 9.37. The highest BCUT2D eigenvalue weighted by molar-refractivity contribution is 4.92. The van der Waals surface area contributed by atoms with E-state index in [0.717, 1.165) is 18.4 Å². The average Bonchev–Trinajstić information content (AvgIpc) is 2.93. The summed E-state index contributed by atoms with van der Waals surface area (Å²) in [6, 6.07) is 0.702. The summed E-state index contributed by atoms with van der Waals surface area (Å²) in [4.78, 5) is 7.16. The van der Waals surface area contributed by atoms with Gasteiger partial charge in [-0.05, 0) is 45.1 Å². The third kappa shape index (κ3) is 4.32. The molecule has 0 aromatic carbocycles. The zero-order valence-electron chi connectivity index (χ0n) is 14.7. The van der Waals surface area contributed by atoms with Gasteiger partial charge in [0.15, 0.2) is 5.82 Å². The van der Waals surface area contributed by atoms with Crippen molar-refractivity contribution < 1.29 is 9.26 Å². The lowest BCUT2D eigenvalue weighted by Gasteiger charge is -2.37. The van der Waals surface area contributed by atoms with E-state index in [0.29, 0.717) is 11.9 Å². The van der Waals surface area contributed by atoms with E-state index in [2.05, 4.69) is 15.0 Å². The Kier molecular flexibility index (Phi) is 6.06. The molecule has 2 heterocycles. The van der Waals surface area contributed by atoms with Gasteiger partial charge in [0.1, 0.15) is 6.10 Å². The van der Waals surface area contributed by atoms with Crippen molar-refractivity contribution in [3.63, 3.8) is 0 Å². The molecule has 3 rings (SSSR count). The van der Waals surface area contributed by atoms with Gasteiger partial charge in [-0.15, -0.1) is 0 Å². The van der Waals surface area contributed by atoms with E-state index >= 15 is 0 Å². The van der Waals surface area contributed by atoms with Crippen LogP contribution in [0, 0.1) is 5.92 Å². The summed E-state index contributed by atoms with van der Waals surface area (Å²) in [5.74, 6) is 2.26. The van der Waals surface area contributed by atoms with E-state index < -0.39 is 0 Å². The fourth-order valence-corrected chi connectivity index (χ4v) is 4.22. The van der Waals surface area contributed by atoms with Gasteiger partial charge in [0, 0.05) is 13.2 Å². The average molecular weight is 321 g/mol. The maximum absolute atomic E-state index is 5.48. The van der Waals surface area contributed by atoms with Crippen molar-refractivity contribution in [3.8, 4) is 0 Å². The number of aromatic nitrogens is 2. The largest absolute Gasteiger partial charge is 0.374 e. The molecule has 1 aromatic rings. The highest BCUT2D eigenvalue weighted by atomic mass is 16.5. The van der Waals surface area contributed by atoms with Crippen molar-refractivity contribution in [2.75, 3.05) is 13.7 Å². The summed E-state index contributed by atoms with van der Waals surface area (Å²) in [6.45, 7) is 3.91. The molecular formula is C18H31N3O2. The molecule has 0 spiro atoms. The second-order valence-electron chi connectivity index (χ2n) is 7.21. The van der Waals surface area contributed by atoms with Gasteiger partial charge in [-0.2, -0.15) is 4.98 Å². The molecule has 5 heteroatoms. The van der Waals surface area contributed by atoms with Crippen LogP contribution in [0.15, 0.2) is 4.52 Å². The summed E-state index contributed by atoms with van der Waals surface area (Å²) in [6.07, 6.45) is 12.3. The monoisotopic (exact) mass is 321 g/mol. The van der Waals surface area contributed by atoms with Crippen LogP contribution in [0.2, 0.25) is 0 Å². The van der Waals surface area contributed by atoms with E-state index in [1.54, 1.807) is 7.11 Å². The zero-order valence-corrected chi connectivity index (χ0v) is 14.7. The van der Waals surface area contributed by atoms with Crippen LogP contribution in [0.1, 0.15) is 82.5 Å². The van der Waals surface area contributed by atoms with Gasteiger partial charge in [0.05, 0.1) is 6.54 Å². The minimum absolute atomic E-state index is 0.106. The Balaban J connectivity index is 1.68. The molecular weight excluding hydrogens is 290 g/mol. The van der Waals surface area contributed by atoms with Crippen LogP contribution in [-0.4, -0.2) is 34.7 Å². The van der Waals surface area contributed by atoms with Crippen LogP contribution in [-0.2, 0) is 11.3 Å². The Labute approximate surface area is 139 Å². The number of ether oxygens (including phenoxy) is 1. The highest BCUT2D eigenvalue weighted by Gasteiger charge is 2.30. The molecule has 1 saturated heterocycles. The molecule has 2 atom stereocenters. The van der Waals surface area contributed by atoms with E-state index in [1.807, 2.05) is 6.92 Å². The minimum Gasteiger partial charge on any atom is -0.374 e. The van der Waals surface area contributed by atoms with Crippen molar-refractivity contribution in [2.24, 2.45) is 5.92 Å². The lowest BCUT2D eigenvalue weighted by atomic mass is 9.81. The maximum atomic E-state index is 5.48. The third-order valence-corrected chi connectivity index (χ3v) is 5.65. The normalized spacial score (nSPS) is 26.1. The molecule has 5 nitrogen and oxygen atoms in total. The Morgan fingerprint density at radius 1 is 1.13 bits per heavy atom. The van der Waals surface area contributed by atoms with Crippen LogP contribution in [0.25, 0.3) is 0 Å². The Morgan fingerprint density at radius 2 is 1.87 bits per heavy atom. The smallest absolute Gasteiger partial charge is 0.240 e. The molecule has 1 aliphatic carbocycles. The van der Waals surface area contributed by atoms with Crippen LogP contribution >= 0.6 is 0 Å². The first kappa shape index (κ1) is 16.9. The van der Waals surface area contributed by atoms with Gasteiger partial charge in [0.2, 0.25) is 5.89 Å². The SMILES string of the molecule is COC(C)c1noc(CN2CCCCCC2C2CCCCC2)n1. The van der Waals surface area contributed by atoms with Gasteiger partial charge in [-0.3, -0.25) is 4.90 Å². The second kappa shape index (κ2) is 8.25. The summed E-state index contributed by atoms with van der Waals surface area (Å²) < 4.78 is 10.8. The molecule has 2 fully saturated rings. The molecule has 23 heavy (non-hydrogen) atoms. The number of likely N-dealkylation sites (tertiary alicyclic amines) is 1. The molecule has 2 unspecified atom stereocenters. The minimum atomic E-state index is -0.106. The lowest BCUT2D eigenvalue weighted by molar-refractivity contribution is 0.0995. The standard InChI is InChI=1S/C18H31N3O2/c1-14(22-2)18-19-17(23-20-18)13-21-12-8-4-7-11-16(21)15-9-5-3-6-10-15/h14-16H,3-13H2,1-2H3. The third-order valence-electron chi connectivity index (χ3n) is 5.65. The molecule has 2 aliphatic rings. The number of methoxy groups -OCH3 is 1. The Morgan fingerprint density at radius 3 is 2.65 bits per heavy atom. The molecule has 0 N–H and O–H groups in total. The molecule has 1 aliphatic heterocycles. The van der Waals surface area contributed by atoms with Gasteiger partial charge >= 0.3 is 0 Å². The Hall–Kier alpha value is -0.940. The quantitative estimate of drug-likeness (QED) is 0.817. The van der Waals surface area contributed by atoms with E-state index in [1.165, 1.54) is 64.3 Å². The van der Waals surface area contributed by atoms with Crippen LogP contribution < -0.4 is 0 Å². The molecule has 0 radical (unpaired) electrons. The van der Waals surface area contributed by atoms with Crippen molar-refractivity contribution in [1.82, 2.24) is 15.0 Å². The van der Waals surface area contributed by atoms with Crippen molar-refractivity contribution >= 4 is 0 Å². The molecule has 1 saturated carbocycles. The maximum Gasteiger partial charge on any atom is 0.240 e. The van der Waals surface area contributed by atoms with Crippen molar-refractivity contribution in [3.05, 3.63) is 11.7 Å². The summed E-state index contributed by atoms with van der Waals surface area (Å²) in [5, 5.41) is 4.08. The first-order valence-corrected chi connectivity index (χ1v) is 9.37. The van der Waals surface area contributed by atoms with Crippen LogP contribution in [0.4, 0.5) is 0 Å². The molecule has 130 valence electrons. The second-order valence-corrected chi connectivity index (χ2v) is 7.21. The van der Waals surface area contributed by atoms with Gasteiger partial charge in [-0.25, -0.2) is 0 Å². The summed E-state index contributed by atoms with van der Waals surface area (Å²) in [7, 11) is 1.68. The predicted octanol–water partition coefficient (Wildman–Crippen LogP) is 4.10. The van der Waals surface area contributed by atoms with Gasteiger partial charge < -0.3 is 9.26 Å². The predicted molar refractivity (Wildman–Crippen MR) is 89.0 cm³/mol. The number of nitrogens with zero attached hydrogens (tertiary/aromatic N) is 3. The Bertz CT molecular complexity index is 471. The fourth-order valence-electron chi connectivity index (χ4n) is 4.22. The first-order chi connectivity index (χ1) is 11.3. The van der Waals surface area contributed by atoms with Crippen molar-refractivity contribution in [1.29, 1.82) is 0 Å². The number of hydrogen-bond donors (Lipinski definition) is 0. The van der Waals surface area contributed by atoms with Gasteiger partial charge in [-0.1, -0.05) is 37.3 Å². The fraction of sp³-hybridized carbons (Fsp3) is 0.889. The topological polar surface area (TPSA) is 51.4 Å². The molecule has 0 amide bonds. The summed E-state index contributed by atoms with van der Waals surface area (Å²) in [5.41, 5.74) is 0. The van der Waals surface area contributed by atoms with E-state index in [4.69, 9.17) is 9.26 Å². The highest BCUT2D eigenvalue weighted by Crippen LogP contribution is 2.33. The number of hydrogen-bond acceptors (Lipinski definition) is 5. The van der Waals surface area contributed by atoms with Crippen LogP contribution in [0.3, 0.4) is 0 Å². The summed E-state index contributed by atoms with van der Waals surface area (Å²) >= 11 is 0. The van der Waals surface area contributed by atoms with Crippen molar-refractivity contribution in [2.45, 2.75) is 83.4 Å². The molecule has 1 aromatic heterocycles. The lowest BCUT2D eigenvalue weighted by Crippen LogP contribution is -2.40.